The van der Waals surface area contributed by atoms with Crippen molar-refractivity contribution in [1.29, 1.82) is 0 Å². The van der Waals surface area contributed by atoms with Crippen LogP contribution in [-0.4, -0.2) is 23.8 Å². The fraction of sp³-hybridized carbons (Fsp3) is 1.00. The minimum Gasteiger partial charge on any atom is -0.393 e. The molecule has 1 aliphatic heterocycles. The predicted octanol–water partition coefficient (Wildman–Crippen LogP) is 1.29. The molecule has 0 aromatic heterocycles. The molecule has 1 saturated heterocycles. The second-order valence-corrected chi connectivity index (χ2v) is 4.22. The lowest BCUT2D eigenvalue weighted by molar-refractivity contribution is 0.0521. The fourth-order valence-corrected chi connectivity index (χ4v) is 2.69. The molecular weight excluding hydrogens is 150 g/mol. The highest BCUT2D eigenvalue weighted by atomic mass is 16.3. The molecule has 2 heteroatoms. The van der Waals surface area contributed by atoms with Crippen molar-refractivity contribution >= 4 is 0 Å². The molecule has 12 heavy (non-hydrogen) atoms. The van der Waals surface area contributed by atoms with Crippen molar-refractivity contribution in [3.8, 4) is 0 Å². The molecule has 0 spiro atoms. The highest BCUT2D eigenvalue weighted by Crippen LogP contribution is 2.30. The molecule has 2 nitrogen and oxygen atoms in total. The van der Waals surface area contributed by atoms with Crippen molar-refractivity contribution in [2.45, 2.75) is 50.7 Å². The van der Waals surface area contributed by atoms with Crippen LogP contribution in [-0.2, 0) is 0 Å². The Morgan fingerprint density at radius 1 is 1.00 bits per heavy atom. The highest BCUT2D eigenvalue weighted by molar-refractivity contribution is 4.87. The lowest BCUT2D eigenvalue weighted by Gasteiger charge is -2.32. The molecule has 1 saturated carbocycles. The number of aliphatic hydroxyl groups is 1. The summed E-state index contributed by atoms with van der Waals surface area (Å²) in [4.78, 5) is 0. The maximum Gasteiger partial charge on any atom is 0.0583 e. The molecule has 1 aliphatic carbocycles. The first kappa shape index (κ1) is 8.52. The topological polar surface area (TPSA) is 32.3 Å². The van der Waals surface area contributed by atoms with Gasteiger partial charge in [0.05, 0.1) is 6.10 Å². The van der Waals surface area contributed by atoms with E-state index in [4.69, 9.17) is 0 Å². The summed E-state index contributed by atoms with van der Waals surface area (Å²) in [6.07, 6.45) is 7.37. The van der Waals surface area contributed by atoms with Gasteiger partial charge in [0, 0.05) is 12.0 Å². The zero-order chi connectivity index (χ0) is 8.39. The maximum absolute atomic E-state index is 9.79. The first-order valence-electron chi connectivity index (χ1n) is 5.29. The second kappa shape index (κ2) is 3.75. The molecule has 3 atom stereocenters. The van der Waals surface area contributed by atoms with Crippen LogP contribution < -0.4 is 5.32 Å². The molecule has 2 aliphatic rings. The summed E-state index contributed by atoms with van der Waals surface area (Å²) >= 11 is 0. The molecule has 0 bridgehead atoms. The van der Waals surface area contributed by atoms with Crippen molar-refractivity contribution < 1.29 is 5.11 Å². The Bertz CT molecular complexity index is 143. The Morgan fingerprint density at radius 3 is 2.50 bits per heavy atom. The molecule has 0 aromatic rings. The summed E-state index contributed by atoms with van der Waals surface area (Å²) in [5.74, 6) is 0.557. The van der Waals surface area contributed by atoms with E-state index in [2.05, 4.69) is 5.32 Å². The van der Waals surface area contributed by atoms with Crippen LogP contribution in [0.4, 0.5) is 0 Å². The van der Waals surface area contributed by atoms with Crippen LogP contribution in [0.3, 0.4) is 0 Å². The van der Waals surface area contributed by atoms with Gasteiger partial charge < -0.3 is 10.4 Å². The number of hydrogen-bond donors (Lipinski definition) is 2. The smallest absolute Gasteiger partial charge is 0.0583 e. The Morgan fingerprint density at radius 2 is 1.83 bits per heavy atom. The number of nitrogens with one attached hydrogen (secondary N) is 1. The average molecular weight is 169 g/mol. The minimum atomic E-state index is -0.0191. The zero-order valence-corrected chi connectivity index (χ0v) is 7.63. The Labute approximate surface area is 74.4 Å². The highest BCUT2D eigenvalue weighted by Gasteiger charge is 2.31. The molecule has 70 valence electrons. The van der Waals surface area contributed by atoms with Crippen molar-refractivity contribution in [2.75, 3.05) is 6.54 Å². The Balaban J connectivity index is 1.91. The van der Waals surface area contributed by atoms with E-state index < -0.39 is 0 Å². The molecule has 0 unspecified atom stereocenters. The Hall–Kier alpha value is -0.0800. The normalized spacial score (nSPS) is 43.2. The van der Waals surface area contributed by atoms with E-state index in [1.807, 2.05) is 0 Å². The number of aliphatic hydroxyl groups excluding tert-OH is 1. The standard InChI is InChI=1S/C10H19NO/c12-10-6-2-1-4-8(10)9-5-3-7-11-9/h8-12H,1-7H2/t8-,9+,10+/m0/s1. The zero-order valence-electron chi connectivity index (χ0n) is 7.63. The van der Waals surface area contributed by atoms with Crippen molar-refractivity contribution in [3.63, 3.8) is 0 Å². The van der Waals surface area contributed by atoms with Crippen molar-refractivity contribution in [3.05, 3.63) is 0 Å². The Kier molecular flexibility index (Phi) is 2.66. The molecule has 2 N–H and O–H groups in total. The molecule has 0 aromatic carbocycles. The van der Waals surface area contributed by atoms with E-state index in [-0.39, 0.29) is 6.10 Å². The van der Waals surface area contributed by atoms with E-state index in [0.717, 1.165) is 13.0 Å². The van der Waals surface area contributed by atoms with Gasteiger partial charge in [0.2, 0.25) is 0 Å². The monoisotopic (exact) mass is 169 g/mol. The van der Waals surface area contributed by atoms with Gasteiger partial charge in [0.15, 0.2) is 0 Å². The van der Waals surface area contributed by atoms with E-state index >= 15 is 0 Å². The quantitative estimate of drug-likeness (QED) is 0.620. The first-order valence-corrected chi connectivity index (χ1v) is 5.29. The van der Waals surface area contributed by atoms with Crippen molar-refractivity contribution in [2.24, 2.45) is 5.92 Å². The van der Waals surface area contributed by atoms with E-state index in [0.29, 0.717) is 12.0 Å². The van der Waals surface area contributed by atoms with Crippen LogP contribution in [0.5, 0.6) is 0 Å². The van der Waals surface area contributed by atoms with Gasteiger partial charge in [-0.3, -0.25) is 0 Å². The summed E-state index contributed by atoms with van der Waals surface area (Å²) in [5.41, 5.74) is 0. The minimum absolute atomic E-state index is 0.0191. The molecule has 2 rings (SSSR count). The lowest BCUT2D eigenvalue weighted by Crippen LogP contribution is -2.39. The number of rotatable bonds is 1. The summed E-state index contributed by atoms with van der Waals surface area (Å²) < 4.78 is 0. The fourth-order valence-electron chi connectivity index (χ4n) is 2.69. The van der Waals surface area contributed by atoms with Gasteiger partial charge in [-0.1, -0.05) is 12.8 Å². The van der Waals surface area contributed by atoms with Gasteiger partial charge in [-0.05, 0) is 32.2 Å². The molecule has 0 amide bonds. The number of hydrogen-bond acceptors (Lipinski definition) is 2. The van der Waals surface area contributed by atoms with Crippen LogP contribution in [0, 0.1) is 5.92 Å². The van der Waals surface area contributed by atoms with Crippen LogP contribution in [0.25, 0.3) is 0 Å². The summed E-state index contributed by atoms with van der Waals surface area (Å²) in [5, 5.41) is 13.3. The molecule has 2 fully saturated rings. The third-order valence-corrected chi connectivity index (χ3v) is 3.40. The van der Waals surface area contributed by atoms with Gasteiger partial charge in [-0.15, -0.1) is 0 Å². The van der Waals surface area contributed by atoms with Crippen LogP contribution in [0.2, 0.25) is 0 Å². The van der Waals surface area contributed by atoms with E-state index in [1.165, 1.54) is 32.1 Å². The van der Waals surface area contributed by atoms with E-state index in [1.54, 1.807) is 0 Å². The van der Waals surface area contributed by atoms with Crippen LogP contribution in [0.1, 0.15) is 38.5 Å². The van der Waals surface area contributed by atoms with Gasteiger partial charge >= 0.3 is 0 Å². The molecule has 0 radical (unpaired) electrons. The van der Waals surface area contributed by atoms with Gasteiger partial charge in [0.25, 0.3) is 0 Å². The predicted molar refractivity (Wildman–Crippen MR) is 49.0 cm³/mol. The van der Waals surface area contributed by atoms with Gasteiger partial charge in [-0.25, -0.2) is 0 Å². The average Bonchev–Trinajstić information content (AvgIpc) is 2.57. The largest absolute Gasteiger partial charge is 0.393 e. The van der Waals surface area contributed by atoms with Crippen LogP contribution in [0.15, 0.2) is 0 Å². The van der Waals surface area contributed by atoms with Crippen molar-refractivity contribution in [1.82, 2.24) is 5.32 Å². The SMILES string of the molecule is O[C@@H]1CCCC[C@H]1[C@H]1CCCN1. The summed E-state index contributed by atoms with van der Waals surface area (Å²) in [6, 6.07) is 0.625. The first-order chi connectivity index (χ1) is 5.88. The third-order valence-electron chi connectivity index (χ3n) is 3.40. The molecule has 1 heterocycles. The van der Waals surface area contributed by atoms with Crippen LogP contribution >= 0.6 is 0 Å². The second-order valence-electron chi connectivity index (χ2n) is 4.22. The molecular formula is C10H19NO. The van der Waals surface area contributed by atoms with Gasteiger partial charge in [-0.2, -0.15) is 0 Å². The van der Waals surface area contributed by atoms with Gasteiger partial charge in [0.1, 0.15) is 0 Å². The van der Waals surface area contributed by atoms with E-state index in [9.17, 15) is 5.11 Å². The summed E-state index contributed by atoms with van der Waals surface area (Å²) in [7, 11) is 0. The lowest BCUT2D eigenvalue weighted by atomic mass is 9.81. The maximum atomic E-state index is 9.79. The summed E-state index contributed by atoms with van der Waals surface area (Å²) in [6.45, 7) is 1.16. The third kappa shape index (κ3) is 1.64.